The van der Waals surface area contributed by atoms with Gasteiger partial charge in [0, 0.05) is 46.0 Å². The Bertz CT molecular complexity index is 1040. The second kappa shape index (κ2) is 9.28. The summed E-state index contributed by atoms with van der Waals surface area (Å²) in [6.07, 6.45) is -1.66. The van der Waals surface area contributed by atoms with E-state index in [1.807, 2.05) is 0 Å². The summed E-state index contributed by atoms with van der Waals surface area (Å²) in [7, 11) is 1.75. The van der Waals surface area contributed by atoms with Crippen LogP contribution in [0.25, 0.3) is 0 Å². The predicted octanol–water partition coefficient (Wildman–Crippen LogP) is 2.86. The average Bonchev–Trinajstić information content (AvgIpc) is 3.07. The zero-order chi connectivity index (χ0) is 24.6. The number of hydrogen-bond donors (Lipinski definition) is 1. The number of carboxylic acid groups (broad SMARTS) is 1. The first-order chi connectivity index (χ1) is 16.0. The van der Waals surface area contributed by atoms with E-state index in [0.29, 0.717) is 30.5 Å². The van der Waals surface area contributed by atoms with E-state index in [2.05, 4.69) is 14.6 Å². The number of carbonyl (C=O) groups is 2. The van der Waals surface area contributed by atoms with Crippen LogP contribution in [0.2, 0.25) is 0 Å². The molecule has 0 radical (unpaired) electrons. The van der Waals surface area contributed by atoms with Crippen LogP contribution in [0, 0.1) is 23.7 Å². The highest BCUT2D eigenvalue weighted by Crippen LogP contribution is 2.52. The third-order valence-electron chi connectivity index (χ3n) is 6.55. The molecule has 1 aromatic heterocycles. The van der Waals surface area contributed by atoms with Gasteiger partial charge in [-0.1, -0.05) is 19.1 Å². The van der Waals surface area contributed by atoms with Crippen LogP contribution in [-0.4, -0.2) is 68.9 Å². The second-order valence-corrected chi connectivity index (χ2v) is 9.25. The molecule has 2 fully saturated rings. The molecule has 1 aromatic carbocycles. The van der Waals surface area contributed by atoms with Gasteiger partial charge >= 0.3 is 12.3 Å². The summed E-state index contributed by atoms with van der Waals surface area (Å²) in [5.41, 5.74) is 0.793. The Labute approximate surface area is 194 Å². The number of aromatic nitrogens is 2. The van der Waals surface area contributed by atoms with Gasteiger partial charge in [-0.05, 0) is 35.4 Å². The Morgan fingerprint density at radius 3 is 2.59 bits per heavy atom. The van der Waals surface area contributed by atoms with Crippen molar-refractivity contribution in [3.8, 4) is 5.75 Å². The highest BCUT2D eigenvalue weighted by Gasteiger charge is 2.56. The van der Waals surface area contributed by atoms with Gasteiger partial charge in [0.05, 0.1) is 12.2 Å². The fourth-order valence-corrected chi connectivity index (χ4v) is 4.84. The largest absolute Gasteiger partial charge is 0.573 e. The van der Waals surface area contributed by atoms with Gasteiger partial charge in [0.2, 0.25) is 0 Å². The van der Waals surface area contributed by atoms with Crippen LogP contribution in [0.5, 0.6) is 5.75 Å². The number of rotatable bonds is 9. The normalized spacial score (nSPS) is 22.8. The molecule has 3 unspecified atom stereocenters. The molecule has 1 saturated carbocycles. The minimum atomic E-state index is -4.79. The number of amides is 1. The van der Waals surface area contributed by atoms with Crippen LogP contribution < -0.4 is 4.74 Å². The molecule has 11 heteroatoms. The fourth-order valence-electron chi connectivity index (χ4n) is 4.84. The first-order valence-corrected chi connectivity index (χ1v) is 11.1. The summed E-state index contributed by atoms with van der Waals surface area (Å²) in [6.45, 7) is 4.34. The van der Waals surface area contributed by atoms with Crippen LogP contribution in [0.3, 0.4) is 0 Å². The number of alkyl halides is 3. The molecule has 34 heavy (non-hydrogen) atoms. The maximum Gasteiger partial charge on any atom is 0.573 e. The summed E-state index contributed by atoms with van der Waals surface area (Å²) >= 11 is 0. The van der Waals surface area contributed by atoms with Crippen LogP contribution in [0.4, 0.5) is 13.2 Å². The van der Waals surface area contributed by atoms with Gasteiger partial charge in [-0.15, -0.1) is 13.2 Å². The Balaban J connectivity index is 1.44. The molecule has 2 heterocycles. The lowest BCUT2D eigenvalue weighted by molar-refractivity contribution is -0.274. The average molecular weight is 480 g/mol. The maximum atomic E-state index is 13.2. The molecule has 8 nitrogen and oxygen atoms in total. The van der Waals surface area contributed by atoms with E-state index in [1.54, 1.807) is 35.7 Å². The highest BCUT2D eigenvalue weighted by atomic mass is 19.4. The minimum absolute atomic E-state index is 0.125. The molecule has 1 aliphatic carbocycles. The number of likely N-dealkylation sites (tertiary alicyclic amines) is 1. The van der Waals surface area contributed by atoms with E-state index >= 15 is 0 Å². The van der Waals surface area contributed by atoms with Crippen LogP contribution >= 0.6 is 0 Å². The maximum absolute atomic E-state index is 13.2. The lowest BCUT2D eigenvalue weighted by Crippen LogP contribution is -2.36. The molecule has 0 bridgehead atoms. The number of halogens is 3. The first kappa shape index (κ1) is 24.1. The third-order valence-corrected chi connectivity index (χ3v) is 6.55. The minimum Gasteiger partial charge on any atom is -0.481 e. The van der Waals surface area contributed by atoms with Gasteiger partial charge < -0.3 is 24.2 Å². The first-order valence-electron chi connectivity index (χ1n) is 11.1. The number of benzene rings is 1. The molecule has 1 saturated heterocycles. The number of imidazole rings is 1. The van der Waals surface area contributed by atoms with Gasteiger partial charge in [0.1, 0.15) is 11.4 Å². The number of piperidine rings is 1. The smallest absolute Gasteiger partial charge is 0.481 e. The van der Waals surface area contributed by atoms with Crippen molar-refractivity contribution < 1.29 is 32.6 Å². The Morgan fingerprint density at radius 2 is 2.00 bits per heavy atom. The second-order valence-electron chi connectivity index (χ2n) is 9.25. The summed E-state index contributed by atoms with van der Waals surface area (Å²) in [5, 5.41) is 9.13. The molecule has 3 atom stereocenters. The fraction of sp³-hybridized carbons (Fsp3) is 0.522. The molecule has 1 N–H and O–H groups in total. The van der Waals surface area contributed by atoms with Crippen LogP contribution in [0.1, 0.15) is 23.0 Å². The van der Waals surface area contributed by atoms with Gasteiger partial charge in [-0.25, -0.2) is 4.98 Å². The number of hydrogen-bond acceptors (Lipinski definition) is 5. The Kier molecular flexibility index (Phi) is 6.57. The number of carbonyl (C=O) groups excluding carboxylic acids is 1. The molecule has 2 aromatic rings. The van der Waals surface area contributed by atoms with Crippen molar-refractivity contribution >= 4 is 11.9 Å². The molecule has 4 rings (SSSR count). The Hall–Kier alpha value is -3.08. The van der Waals surface area contributed by atoms with Gasteiger partial charge in [0.15, 0.2) is 0 Å². The SMILES string of the molecule is CC(CN1CC2C(C1)C2CN(Cc1cccc(OC(F)(F)F)c1)C(=O)c1cn(C)cn1)C(=O)O. The van der Waals surface area contributed by atoms with Crippen molar-refractivity contribution in [3.63, 3.8) is 0 Å². The van der Waals surface area contributed by atoms with Crippen molar-refractivity contribution in [1.82, 2.24) is 19.4 Å². The van der Waals surface area contributed by atoms with Crippen molar-refractivity contribution in [1.29, 1.82) is 0 Å². The topological polar surface area (TPSA) is 87.9 Å². The van der Waals surface area contributed by atoms with Crippen molar-refractivity contribution in [2.24, 2.45) is 30.7 Å². The number of aryl methyl sites for hydroxylation is 1. The zero-order valence-electron chi connectivity index (χ0n) is 18.9. The van der Waals surface area contributed by atoms with Crippen molar-refractivity contribution in [2.75, 3.05) is 26.2 Å². The van der Waals surface area contributed by atoms with Crippen LogP contribution in [0.15, 0.2) is 36.8 Å². The van der Waals surface area contributed by atoms with E-state index in [1.165, 1.54) is 24.5 Å². The standard InChI is InChI=1S/C23H27F3N4O4/c1-14(22(32)33)7-29-9-17-18(10-29)19(17)11-30(21(31)20-12-28(2)13-27-20)8-15-4-3-5-16(6-15)34-23(24,25)26/h3-6,12-14,17-19H,7-11H2,1-2H3,(H,32,33). The third kappa shape index (κ3) is 5.69. The molecule has 1 aliphatic heterocycles. The monoisotopic (exact) mass is 480 g/mol. The van der Waals surface area contributed by atoms with Crippen molar-refractivity contribution in [2.45, 2.75) is 19.8 Å². The number of ether oxygens (including phenoxy) is 1. The zero-order valence-corrected chi connectivity index (χ0v) is 18.9. The van der Waals surface area contributed by atoms with Gasteiger partial charge in [-0.2, -0.15) is 0 Å². The lowest BCUT2D eigenvalue weighted by atomic mass is 10.1. The van der Waals surface area contributed by atoms with E-state index in [-0.39, 0.29) is 29.8 Å². The Morgan fingerprint density at radius 1 is 1.29 bits per heavy atom. The van der Waals surface area contributed by atoms with E-state index in [0.717, 1.165) is 13.1 Å². The number of carboxylic acids is 1. The summed E-state index contributed by atoms with van der Waals surface area (Å²) in [4.78, 5) is 32.2. The summed E-state index contributed by atoms with van der Waals surface area (Å²) < 4.78 is 43.5. The molecular formula is C23H27F3N4O4. The summed E-state index contributed by atoms with van der Waals surface area (Å²) in [5.74, 6) is -0.866. The predicted molar refractivity (Wildman–Crippen MR) is 115 cm³/mol. The lowest BCUT2D eigenvalue weighted by Gasteiger charge is -2.26. The molecule has 0 spiro atoms. The van der Waals surface area contributed by atoms with Gasteiger partial charge in [0.25, 0.3) is 5.91 Å². The molecule has 1 amide bonds. The highest BCUT2D eigenvalue weighted by molar-refractivity contribution is 5.92. The quantitative estimate of drug-likeness (QED) is 0.594. The van der Waals surface area contributed by atoms with Crippen molar-refractivity contribution in [3.05, 3.63) is 48.0 Å². The molecular weight excluding hydrogens is 453 g/mol. The number of nitrogens with zero attached hydrogens (tertiary/aromatic N) is 4. The van der Waals surface area contributed by atoms with E-state index in [9.17, 15) is 22.8 Å². The summed E-state index contributed by atoms with van der Waals surface area (Å²) in [6, 6.07) is 5.63. The van der Waals surface area contributed by atoms with E-state index < -0.39 is 18.2 Å². The molecule has 2 aliphatic rings. The van der Waals surface area contributed by atoms with Gasteiger partial charge in [-0.3, -0.25) is 9.59 Å². The molecule has 184 valence electrons. The van der Waals surface area contributed by atoms with Crippen LogP contribution in [-0.2, 0) is 18.4 Å². The van der Waals surface area contributed by atoms with E-state index in [4.69, 9.17) is 5.11 Å². The number of aliphatic carboxylic acids is 1. The number of fused-ring (bicyclic) bond motifs is 1.